The van der Waals surface area contributed by atoms with E-state index in [2.05, 4.69) is 22.4 Å². The van der Waals surface area contributed by atoms with Crippen LogP contribution in [0.3, 0.4) is 0 Å². The van der Waals surface area contributed by atoms with Crippen LogP contribution in [-0.4, -0.2) is 15.5 Å². The number of amides is 1. The number of carbonyl (C=O) groups excluding carboxylic acids is 1. The Morgan fingerprint density at radius 3 is 2.39 bits per heavy atom. The van der Waals surface area contributed by atoms with Gasteiger partial charge in [-0.15, -0.1) is 0 Å². The van der Waals surface area contributed by atoms with Gasteiger partial charge in [0.1, 0.15) is 6.54 Å². The van der Waals surface area contributed by atoms with Crippen molar-refractivity contribution < 1.29 is 4.79 Å². The van der Waals surface area contributed by atoms with Crippen molar-refractivity contribution in [2.24, 2.45) is 0 Å². The van der Waals surface area contributed by atoms with Gasteiger partial charge in [0.15, 0.2) is 0 Å². The zero-order valence-corrected chi connectivity index (χ0v) is 12.8. The first-order chi connectivity index (χ1) is 11.3. The molecule has 1 N–H and O–H groups in total. The maximum Gasteiger partial charge on any atom is 0.240 e. The molecule has 0 saturated carbocycles. The molecule has 0 fully saturated rings. The molecule has 23 heavy (non-hydrogen) atoms. The van der Waals surface area contributed by atoms with Gasteiger partial charge in [-0.3, -0.25) is 4.79 Å². The van der Waals surface area contributed by atoms with Gasteiger partial charge < -0.3 is 9.88 Å². The quantitative estimate of drug-likeness (QED) is 0.761. The largest absolute Gasteiger partial charge is 0.347 e. The van der Waals surface area contributed by atoms with Crippen LogP contribution in [0, 0.1) is 0 Å². The Hall–Kier alpha value is -2.88. The number of hydrogen-bond donors (Lipinski definition) is 1. The van der Waals surface area contributed by atoms with Crippen molar-refractivity contribution in [1.82, 2.24) is 14.9 Å². The fraction of sp³-hybridized carbons (Fsp3) is 0.158. The second-order valence-corrected chi connectivity index (χ2v) is 5.46. The van der Waals surface area contributed by atoms with Gasteiger partial charge in [0.2, 0.25) is 5.91 Å². The minimum Gasteiger partial charge on any atom is -0.347 e. The van der Waals surface area contributed by atoms with Crippen LogP contribution in [0.5, 0.6) is 0 Å². The molecule has 0 spiro atoms. The molecule has 2 aromatic carbocycles. The monoisotopic (exact) mass is 305 g/mol. The summed E-state index contributed by atoms with van der Waals surface area (Å²) in [6, 6.07) is 20.2. The predicted molar refractivity (Wildman–Crippen MR) is 89.7 cm³/mol. The fourth-order valence-corrected chi connectivity index (χ4v) is 2.57. The van der Waals surface area contributed by atoms with Crippen LogP contribution in [0.2, 0.25) is 0 Å². The molecule has 4 heteroatoms. The number of nitrogens with zero attached hydrogens (tertiary/aromatic N) is 2. The van der Waals surface area contributed by atoms with Crippen LogP contribution in [0.15, 0.2) is 79.4 Å². The average molecular weight is 305 g/mol. The van der Waals surface area contributed by atoms with E-state index in [1.54, 1.807) is 23.3 Å². The summed E-state index contributed by atoms with van der Waals surface area (Å²) >= 11 is 0. The molecular formula is C19H19N3O. The lowest BCUT2D eigenvalue weighted by atomic mass is 9.99. The van der Waals surface area contributed by atoms with E-state index in [1.165, 1.54) is 5.56 Å². The van der Waals surface area contributed by atoms with Gasteiger partial charge in [0.25, 0.3) is 0 Å². The Labute approximate surface area is 135 Å². The van der Waals surface area contributed by atoms with Crippen LogP contribution in [-0.2, 0) is 17.8 Å². The highest BCUT2D eigenvalue weighted by Crippen LogP contribution is 2.18. The summed E-state index contributed by atoms with van der Waals surface area (Å²) in [7, 11) is 0. The number of nitrogens with one attached hydrogen (secondary N) is 1. The van der Waals surface area contributed by atoms with E-state index in [9.17, 15) is 4.79 Å². The van der Waals surface area contributed by atoms with Crippen LogP contribution in [0.25, 0.3) is 0 Å². The van der Waals surface area contributed by atoms with Gasteiger partial charge in [-0.25, -0.2) is 4.98 Å². The van der Waals surface area contributed by atoms with Gasteiger partial charge >= 0.3 is 0 Å². The minimum absolute atomic E-state index is 0.0206. The molecule has 116 valence electrons. The van der Waals surface area contributed by atoms with E-state index in [0.717, 1.165) is 12.0 Å². The molecular weight excluding hydrogens is 286 g/mol. The first kappa shape index (κ1) is 15.0. The number of rotatable bonds is 6. The molecule has 4 nitrogen and oxygen atoms in total. The van der Waals surface area contributed by atoms with Gasteiger partial charge in [0, 0.05) is 12.4 Å². The summed E-state index contributed by atoms with van der Waals surface area (Å²) < 4.78 is 1.76. The normalized spacial score (nSPS) is 11.8. The number of aromatic nitrogens is 2. The van der Waals surface area contributed by atoms with E-state index >= 15 is 0 Å². The number of benzene rings is 2. The molecule has 1 amide bonds. The molecule has 0 aliphatic carbocycles. The molecule has 1 atom stereocenters. The number of hydrogen-bond acceptors (Lipinski definition) is 2. The van der Waals surface area contributed by atoms with Crippen LogP contribution in [0.4, 0.5) is 0 Å². The van der Waals surface area contributed by atoms with Crippen molar-refractivity contribution in [2.75, 3.05) is 0 Å². The molecule has 0 aliphatic rings. The third kappa shape index (κ3) is 4.30. The summed E-state index contributed by atoms with van der Waals surface area (Å²) in [6.45, 7) is 0.276. The zero-order valence-electron chi connectivity index (χ0n) is 12.8. The maximum atomic E-state index is 12.3. The van der Waals surface area contributed by atoms with E-state index < -0.39 is 0 Å². The Morgan fingerprint density at radius 1 is 1.04 bits per heavy atom. The molecule has 3 rings (SSSR count). The summed E-state index contributed by atoms with van der Waals surface area (Å²) in [5.74, 6) is -0.0206. The predicted octanol–water partition coefficient (Wildman–Crippen LogP) is 2.98. The fourth-order valence-electron chi connectivity index (χ4n) is 2.57. The van der Waals surface area contributed by atoms with Crippen molar-refractivity contribution in [1.29, 1.82) is 0 Å². The first-order valence-electron chi connectivity index (χ1n) is 7.65. The van der Waals surface area contributed by atoms with Crippen LogP contribution >= 0.6 is 0 Å². The smallest absolute Gasteiger partial charge is 0.240 e. The van der Waals surface area contributed by atoms with E-state index in [1.807, 2.05) is 48.5 Å². The number of imidazole rings is 1. The third-order valence-electron chi connectivity index (χ3n) is 3.71. The Morgan fingerprint density at radius 2 is 1.74 bits per heavy atom. The molecule has 0 aliphatic heterocycles. The first-order valence-corrected chi connectivity index (χ1v) is 7.65. The van der Waals surface area contributed by atoms with Crippen molar-refractivity contribution in [3.05, 3.63) is 90.5 Å². The van der Waals surface area contributed by atoms with E-state index in [4.69, 9.17) is 0 Å². The summed E-state index contributed by atoms with van der Waals surface area (Å²) in [4.78, 5) is 16.3. The van der Waals surface area contributed by atoms with Crippen molar-refractivity contribution in [2.45, 2.75) is 19.0 Å². The van der Waals surface area contributed by atoms with E-state index in [-0.39, 0.29) is 18.5 Å². The lowest BCUT2D eigenvalue weighted by molar-refractivity contribution is -0.122. The van der Waals surface area contributed by atoms with Crippen molar-refractivity contribution in [3.63, 3.8) is 0 Å². The molecule has 3 aromatic rings. The van der Waals surface area contributed by atoms with Crippen LogP contribution in [0.1, 0.15) is 17.2 Å². The van der Waals surface area contributed by atoms with Crippen LogP contribution < -0.4 is 5.32 Å². The lowest BCUT2D eigenvalue weighted by Gasteiger charge is -2.19. The zero-order chi connectivity index (χ0) is 15.9. The van der Waals surface area contributed by atoms with Gasteiger partial charge in [-0.2, -0.15) is 0 Å². The molecule has 0 bridgehead atoms. The third-order valence-corrected chi connectivity index (χ3v) is 3.71. The SMILES string of the molecule is O=C(Cn1ccnc1)N[C@H](Cc1ccccc1)c1ccccc1. The Balaban J connectivity index is 1.73. The summed E-state index contributed by atoms with van der Waals surface area (Å²) in [6.07, 6.45) is 5.87. The van der Waals surface area contributed by atoms with Gasteiger partial charge in [-0.05, 0) is 17.5 Å². The van der Waals surface area contributed by atoms with Gasteiger partial charge in [0.05, 0.1) is 12.4 Å². The topological polar surface area (TPSA) is 46.9 Å². The molecule has 1 aromatic heterocycles. The average Bonchev–Trinajstić information content (AvgIpc) is 3.09. The van der Waals surface area contributed by atoms with Crippen molar-refractivity contribution in [3.8, 4) is 0 Å². The highest BCUT2D eigenvalue weighted by Gasteiger charge is 2.15. The second kappa shape index (κ2) is 7.40. The molecule has 1 heterocycles. The number of carbonyl (C=O) groups is 1. The Kier molecular flexibility index (Phi) is 4.84. The van der Waals surface area contributed by atoms with E-state index in [0.29, 0.717) is 0 Å². The second-order valence-electron chi connectivity index (χ2n) is 5.46. The highest BCUT2D eigenvalue weighted by molar-refractivity contribution is 5.76. The lowest BCUT2D eigenvalue weighted by Crippen LogP contribution is -2.32. The summed E-state index contributed by atoms with van der Waals surface area (Å²) in [5, 5.41) is 3.13. The highest BCUT2D eigenvalue weighted by atomic mass is 16.2. The standard InChI is InChI=1S/C19H19N3O/c23-19(14-22-12-11-20-15-22)21-18(17-9-5-2-6-10-17)13-16-7-3-1-4-8-16/h1-12,15,18H,13-14H2,(H,21,23)/t18-/m1/s1. The summed E-state index contributed by atoms with van der Waals surface area (Å²) in [5.41, 5.74) is 2.31. The molecule has 0 saturated heterocycles. The van der Waals surface area contributed by atoms with Gasteiger partial charge in [-0.1, -0.05) is 60.7 Å². The minimum atomic E-state index is -0.0466. The maximum absolute atomic E-state index is 12.3. The molecule has 0 radical (unpaired) electrons. The Bertz CT molecular complexity index is 724. The van der Waals surface area contributed by atoms with Crippen molar-refractivity contribution >= 4 is 5.91 Å². The molecule has 0 unspecified atom stereocenters.